The minimum Gasteiger partial charge on any atom is -0.497 e. The molecule has 1 aliphatic heterocycles. The second kappa shape index (κ2) is 10.7. The Balaban J connectivity index is 1.21. The molecule has 0 saturated carbocycles. The van der Waals surface area contributed by atoms with Gasteiger partial charge in [-0.2, -0.15) is 4.98 Å². The van der Waals surface area contributed by atoms with Gasteiger partial charge in [-0.15, -0.1) is 0 Å². The third-order valence-corrected chi connectivity index (χ3v) is 5.55. The predicted octanol–water partition coefficient (Wildman–Crippen LogP) is 3.54. The highest BCUT2D eigenvalue weighted by Crippen LogP contribution is 2.21. The number of nitrogens with zero attached hydrogens (tertiary/aromatic N) is 4. The van der Waals surface area contributed by atoms with Gasteiger partial charge in [0.15, 0.2) is 0 Å². The van der Waals surface area contributed by atoms with Crippen molar-refractivity contribution in [2.75, 3.05) is 39.8 Å². The van der Waals surface area contributed by atoms with E-state index >= 15 is 0 Å². The lowest BCUT2D eigenvalue weighted by Crippen LogP contribution is -2.48. The second-order valence-electron chi connectivity index (χ2n) is 7.74. The lowest BCUT2D eigenvalue weighted by molar-refractivity contribution is -0.132. The summed E-state index contributed by atoms with van der Waals surface area (Å²) in [6, 6.07) is 17.8. The summed E-state index contributed by atoms with van der Waals surface area (Å²) in [4.78, 5) is 21.3. The Morgan fingerprint density at radius 2 is 1.91 bits per heavy atom. The van der Waals surface area contributed by atoms with Gasteiger partial charge >= 0.3 is 0 Å². The van der Waals surface area contributed by atoms with Crippen LogP contribution in [0, 0.1) is 0 Å². The molecule has 32 heavy (non-hydrogen) atoms. The van der Waals surface area contributed by atoms with Crippen molar-refractivity contribution >= 4 is 12.0 Å². The van der Waals surface area contributed by atoms with Crippen LogP contribution in [0.3, 0.4) is 0 Å². The predicted molar refractivity (Wildman–Crippen MR) is 123 cm³/mol. The molecule has 1 aromatic heterocycles. The Morgan fingerprint density at radius 1 is 1.09 bits per heavy atom. The van der Waals surface area contributed by atoms with Gasteiger partial charge < -0.3 is 14.2 Å². The number of hydrogen-bond donors (Lipinski definition) is 0. The molecular weight excluding hydrogens is 404 g/mol. The monoisotopic (exact) mass is 432 g/mol. The largest absolute Gasteiger partial charge is 0.497 e. The molecule has 0 bridgehead atoms. The molecule has 7 heteroatoms. The molecular formula is C25H28N4O3. The molecule has 1 fully saturated rings. The number of piperazine rings is 1. The zero-order valence-electron chi connectivity index (χ0n) is 18.3. The number of amides is 1. The number of carbonyl (C=O) groups is 1. The quantitative estimate of drug-likeness (QED) is 0.542. The molecule has 2 aromatic carbocycles. The molecule has 1 saturated heterocycles. The first-order chi connectivity index (χ1) is 15.7. The molecule has 0 unspecified atom stereocenters. The smallest absolute Gasteiger partial charge is 0.227 e. The molecule has 4 rings (SSSR count). The summed E-state index contributed by atoms with van der Waals surface area (Å²) >= 11 is 0. The number of aryl methyl sites for hydroxylation is 1. The first-order valence-electron chi connectivity index (χ1n) is 10.9. The van der Waals surface area contributed by atoms with Crippen molar-refractivity contribution in [2.24, 2.45) is 0 Å². The maximum Gasteiger partial charge on any atom is 0.227 e. The van der Waals surface area contributed by atoms with E-state index in [1.54, 1.807) is 7.11 Å². The normalized spacial score (nSPS) is 14.7. The van der Waals surface area contributed by atoms with Crippen molar-refractivity contribution in [3.63, 3.8) is 0 Å². The van der Waals surface area contributed by atoms with E-state index in [0.717, 1.165) is 44.0 Å². The maximum absolute atomic E-state index is 12.6. The van der Waals surface area contributed by atoms with Crippen molar-refractivity contribution in [3.05, 3.63) is 72.1 Å². The van der Waals surface area contributed by atoms with Crippen molar-refractivity contribution in [2.45, 2.75) is 12.8 Å². The number of aromatic nitrogens is 2. The van der Waals surface area contributed by atoms with Gasteiger partial charge in [0.05, 0.1) is 7.11 Å². The summed E-state index contributed by atoms with van der Waals surface area (Å²) < 4.78 is 10.6. The molecule has 2 heterocycles. The van der Waals surface area contributed by atoms with E-state index < -0.39 is 0 Å². The molecule has 0 aliphatic carbocycles. The molecule has 0 N–H and O–H groups in total. The average Bonchev–Trinajstić information content (AvgIpc) is 3.33. The summed E-state index contributed by atoms with van der Waals surface area (Å²) in [7, 11) is 1.62. The highest BCUT2D eigenvalue weighted by Gasteiger charge is 2.21. The van der Waals surface area contributed by atoms with Crippen molar-refractivity contribution in [1.29, 1.82) is 0 Å². The zero-order chi connectivity index (χ0) is 22.2. The molecule has 1 amide bonds. The van der Waals surface area contributed by atoms with Gasteiger partial charge in [-0.25, -0.2) is 0 Å². The number of ether oxygens (including phenoxy) is 1. The Labute approximate surface area is 188 Å². The minimum absolute atomic E-state index is 0.130. The minimum atomic E-state index is 0.130. The highest BCUT2D eigenvalue weighted by molar-refractivity contribution is 5.76. The summed E-state index contributed by atoms with van der Waals surface area (Å²) in [5.74, 6) is 1.84. The molecule has 0 radical (unpaired) electrons. The van der Waals surface area contributed by atoms with Crippen LogP contribution in [0.2, 0.25) is 0 Å². The fourth-order valence-corrected chi connectivity index (χ4v) is 3.69. The van der Waals surface area contributed by atoms with Gasteiger partial charge in [0.2, 0.25) is 17.6 Å². The third-order valence-electron chi connectivity index (χ3n) is 5.55. The number of methoxy groups -OCH3 is 1. The number of rotatable bonds is 8. The van der Waals surface area contributed by atoms with Crippen molar-refractivity contribution < 1.29 is 14.1 Å². The lowest BCUT2D eigenvalue weighted by Gasteiger charge is -2.34. The Morgan fingerprint density at radius 3 is 2.69 bits per heavy atom. The van der Waals surface area contributed by atoms with Gasteiger partial charge in [0.1, 0.15) is 5.75 Å². The Bertz CT molecular complexity index is 1040. The molecule has 7 nitrogen and oxygen atoms in total. The van der Waals surface area contributed by atoms with Gasteiger partial charge in [0, 0.05) is 51.1 Å². The first kappa shape index (κ1) is 21.8. The maximum atomic E-state index is 12.6. The summed E-state index contributed by atoms with van der Waals surface area (Å²) in [5.41, 5.74) is 2.03. The standard InChI is InChI=1S/C25H28N4O3/c1-31-22-11-5-10-21(19-22)25-26-23(32-27-25)12-13-24(30)29-17-15-28(16-18-29)14-6-9-20-7-3-2-4-8-20/h2-11,19H,12-18H2,1H3/b9-6+. The molecule has 3 aromatic rings. The van der Waals surface area contributed by atoms with Crippen LogP contribution in [-0.4, -0.2) is 65.7 Å². The van der Waals surface area contributed by atoms with Crippen LogP contribution in [0.15, 0.2) is 65.2 Å². The number of hydrogen-bond acceptors (Lipinski definition) is 6. The van der Waals surface area contributed by atoms with Crippen LogP contribution in [0.1, 0.15) is 17.9 Å². The van der Waals surface area contributed by atoms with Crippen molar-refractivity contribution in [1.82, 2.24) is 19.9 Å². The Kier molecular flexibility index (Phi) is 7.30. The van der Waals surface area contributed by atoms with Crippen LogP contribution >= 0.6 is 0 Å². The lowest BCUT2D eigenvalue weighted by atomic mass is 10.2. The van der Waals surface area contributed by atoms with E-state index in [9.17, 15) is 4.79 Å². The number of carbonyl (C=O) groups excluding carboxylic acids is 1. The van der Waals surface area contributed by atoms with Crippen LogP contribution in [0.4, 0.5) is 0 Å². The van der Waals surface area contributed by atoms with Gasteiger partial charge in [-0.05, 0) is 17.7 Å². The van der Waals surface area contributed by atoms with Crippen LogP contribution in [0.5, 0.6) is 5.75 Å². The summed E-state index contributed by atoms with van der Waals surface area (Å²) in [5, 5.41) is 4.03. The summed E-state index contributed by atoms with van der Waals surface area (Å²) in [6.07, 6.45) is 5.13. The van der Waals surface area contributed by atoms with E-state index in [-0.39, 0.29) is 5.91 Å². The van der Waals surface area contributed by atoms with Gasteiger partial charge in [-0.3, -0.25) is 9.69 Å². The van der Waals surface area contributed by atoms with E-state index in [1.165, 1.54) is 5.56 Å². The second-order valence-corrected chi connectivity index (χ2v) is 7.74. The van der Waals surface area contributed by atoms with E-state index in [2.05, 4.69) is 39.3 Å². The first-order valence-corrected chi connectivity index (χ1v) is 10.9. The molecule has 166 valence electrons. The fraction of sp³-hybridized carbons (Fsp3) is 0.320. The molecule has 1 aliphatic rings. The average molecular weight is 433 g/mol. The summed E-state index contributed by atoms with van der Waals surface area (Å²) in [6.45, 7) is 4.15. The van der Waals surface area contributed by atoms with Gasteiger partial charge in [0.25, 0.3) is 0 Å². The fourth-order valence-electron chi connectivity index (χ4n) is 3.69. The molecule has 0 atom stereocenters. The van der Waals surface area contributed by atoms with Crippen LogP contribution in [-0.2, 0) is 11.2 Å². The highest BCUT2D eigenvalue weighted by atomic mass is 16.5. The van der Waals surface area contributed by atoms with Crippen LogP contribution in [0.25, 0.3) is 17.5 Å². The van der Waals surface area contributed by atoms with E-state index in [1.807, 2.05) is 47.4 Å². The zero-order valence-corrected chi connectivity index (χ0v) is 18.3. The van der Waals surface area contributed by atoms with Gasteiger partial charge in [-0.1, -0.05) is 59.8 Å². The van der Waals surface area contributed by atoms with E-state index in [0.29, 0.717) is 24.6 Å². The van der Waals surface area contributed by atoms with E-state index in [4.69, 9.17) is 9.26 Å². The van der Waals surface area contributed by atoms with Crippen molar-refractivity contribution in [3.8, 4) is 17.1 Å². The molecule has 0 spiro atoms. The van der Waals surface area contributed by atoms with Crippen LogP contribution < -0.4 is 4.74 Å². The number of benzene rings is 2. The third kappa shape index (κ3) is 5.82. The Hall–Kier alpha value is -3.45. The topological polar surface area (TPSA) is 71.7 Å². The SMILES string of the molecule is COc1cccc(-c2noc(CCC(=O)N3CCN(C/C=C/c4ccccc4)CC3)n2)c1.